The van der Waals surface area contributed by atoms with E-state index in [0.29, 0.717) is 70.4 Å². The molecule has 23 heteroatoms. The van der Waals surface area contributed by atoms with Crippen LogP contribution in [0.3, 0.4) is 0 Å². The molecule has 0 unspecified atom stereocenters. The summed E-state index contributed by atoms with van der Waals surface area (Å²) in [6.07, 6.45) is 44.1. The van der Waals surface area contributed by atoms with Crippen molar-refractivity contribution in [1.82, 2.24) is 58.5 Å². The second kappa shape index (κ2) is 66.1. The predicted molar refractivity (Wildman–Crippen MR) is 605 cm³/mol. The van der Waals surface area contributed by atoms with E-state index in [4.69, 9.17) is 9.47 Å². The van der Waals surface area contributed by atoms with Crippen LogP contribution in [0.1, 0.15) is 291 Å². The number of hydrogen-bond donors (Lipinski definition) is 14. The first kappa shape index (κ1) is 116. The minimum absolute atomic E-state index is 0.0556. The summed E-state index contributed by atoms with van der Waals surface area (Å²) in [6, 6.07) is 85.8. The van der Waals surface area contributed by atoms with Crippen molar-refractivity contribution in [2.45, 2.75) is 308 Å². The minimum atomic E-state index is -0.408. The van der Waals surface area contributed by atoms with Crippen molar-refractivity contribution in [3.05, 3.63) is 317 Å². The van der Waals surface area contributed by atoms with E-state index >= 15 is 0 Å². The number of nitrogens with one attached hydrogen (secondary N) is 14. The highest BCUT2D eigenvalue weighted by Crippen LogP contribution is 2.57. The van der Waals surface area contributed by atoms with Crippen LogP contribution in [0.4, 0.5) is 50.6 Å². The van der Waals surface area contributed by atoms with E-state index in [1.54, 1.807) is 0 Å². The Hall–Kier alpha value is -12.5. The van der Waals surface area contributed by atoms with Crippen LogP contribution >= 0.6 is 0 Å². The van der Waals surface area contributed by atoms with Gasteiger partial charge in [-0.1, -0.05) is 322 Å². The molecular formula is C125H174N14O9. The second-order valence-corrected chi connectivity index (χ2v) is 42.4. The van der Waals surface area contributed by atoms with Gasteiger partial charge in [-0.3, -0.25) is 0 Å². The fourth-order valence-electron chi connectivity index (χ4n) is 22.6. The maximum atomic E-state index is 12.8. The number of rotatable bonds is 35. The topological polar surface area (TPSA) is 306 Å². The zero-order valence-corrected chi connectivity index (χ0v) is 89.5. The lowest BCUT2D eigenvalue weighted by molar-refractivity contribution is -0.131. The van der Waals surface area contributed by atoms with Gasteiger partial charge in [0.05, 0.1) is 6.54 Å². The molecule has 23 nitrogen and oxygen atoms in total. The summed E-state index contributed by atoms with van der Waals surface area (Å²) in [7, 11) is 0. The van der Waals surface area contributed by atoms with Gasteiger partial charge in [-0.25, -0.2) is 33.6 Å². The molecule has 798 valence electrons. The van der Waals surface area contributed by atoms with Crippen molar-refractivity contribution < 1.29 is 43.0 Å². The largest absolute Gasteiger partial charge is 0.351 e. The van der Waals surface area contributed by atoms with Crippen molar-refractivity contribution in [2.24, 2.45) is 35.5 Å². The summed E-state index contributed by atoms with van der Waals surface area (Å²) in [5.74, 6) is 6.28. The molecule has 14 N–H and O–H groups in total. The molecular weight excluding hydrogens is 1840 g/mol. The van der Waals surface area contributed by atoms with E-state index in [9.17, 15) is 33.6 Å². The lowest BCUT2D eigenvalue weighted by Crippen LogP contribution is -2.62. The third-order valence-electron chi connectivity index (χ3n) is 29.4. The Bertz CT molecular complexity index is 5170. The van der Waals surface area contributed by atoms with E-state index in [1.807, 2.05) is 214 Å². The third-order valence-corrected chi connectivity index (χ3v) is 29.4. The number of benzene rings is 9. The van der Waals surface area contributed by atoms with Gasteiger partial charge in [-0.2, -0.15) is 0 Å². The van der Waals surface area contributed by atoms with Crippen LogP contribution in [0.15, 0.2) is 273 Å². The van der Waals surface area contributed by atoms with Crippen molar-refractivity contribution >= 4 is 59.3 Å². The molecule has 9 aromatic rings. The van der Waals surface area contributed by atoms with E-state index in [0.717, 1.165) is 122 Å². The average Bonchev–Trinajstić information content (AvgIpc) is 0.752. The fraction of sp³-hybridized carbons (Fsp3) is 0.496. The number of urea groups is 7. The molecule has 0 heterocycles. The fourth-order valence-corrected chi connectivity index (χ4v) is 22.6. The van der Waals surface area contributed by atoms with Gasteiger partial charge in [0.1, 0.15) is 0 Å². The smallest absolute Gasteiger partial charge is 0.319 e. The number of allylic oxidation sites excluding steroid dienone is 1. The Kier molecular flexibility index (Phi) is 51.7. The van der Waals surface area contributed by atoms with Gasteiger partial charge >= 0.3 is 42.2 Å². The van der Waals surface area contributed by atoms with Crippen LogP contribution in [0.2, 0.25) is 0 Å². The molecule has 8 bridgehead atoms. The molecule has 0 atom stereocenters. The molecule has 10 aliphatic rings. The van der Waals surface area contributed by atoms with E-state index < -0.39 is 6.29 Å². The number of ether oxygens (including phenoxy) is 2. The van der Waals surface area contributed by atoms with Crippen LogP contribution in [0.5, 0.6) is 0 Å². The Labute approximate surface area is 884 Å². The van der Waals surface area contributed by atoms with Gasteiger partial charge in [0.25, 0.3) is 0 Å². The quantitative estimate of drug-likeness (QED) is 0.0102. The number of hydrogen-bond acceptors (Lipinski definition) is 9. The highest BCUT2D eigenvalue weighted by atomic mass is 16.7. The number of carbonyl (C=O) groups is 7. The van der Waals surface area contributed by atoms with Crippen LogP contribution in [-0.2, 0) is 48.2 Å². The molecule has 19 rings (SSSR count). The molecule has 14 amide bonds. The molecule has 0 spiro atoms. The summed E-state index contributed by atoms with van der Waals surface area (Å²) in [5, 5.41) is 41.7. The standard InChI is InChI=1S/C23H40N2O.C20H28N2O.C18H22N2O.C16H26N2O3.C16H18N2O.C16H22N2O.C16H18N2O/c26-22(24-21-10-8-6-4-2-1-3-5-7-9-11-21)25-23-15-18-12-19(16-23)14-20(13-18)17-23;23-19(21-8-4-7-15-5-2-1-3-6-15)22-20-12-16-9-17(13-20)11-18(10-16)14-20;1-14(2)16-8-10-17(11-9-16)20-18(21)19-13-12-15-6-4-3-5-7-15;1-5-20-15(21-6-2)11-17-16(19)18-14-9-7-13(8-10-14)12(3)4;19-16(18-15-11-5-2-6-12-15)17-13-7-10-14-8-3-1-4-9-14;2*19-16(18-13-15-9-5-2-6-10-15)17-12-11-14-7-3-1-4-8-14/h18-21H,1-17H2,(H2,24,25,26);1-3,5-6,16-18H,4,7-14H2,(H2,21,22,23);3-11,14H,12-13H2,1-2H3,(H2,19,20,21);7-10,12,15H,5-6,11H2,1-4H3,(H2,17,18,19);1-6,8-9,11-12H,7,10,13H2,(H2,17,18,19);2,5-7,9-10H,1,3-4,8,11-13H2,(H2,17,18,19);1-10H,11-13H2,(H2,17,18,19). The highest BCUT2D eigenvalue weighted by molar-refractivity contribution is 5.90. The maximum Gasteiger partial charge on any atom is 0.319 e. The highest BCUT2D eigenvalue weighted by Gasteiger charge is 2.53. The summed E-state index contributed by atoms with van der Waals surface area (Å²) >= 11 is 0. The lowest BCUT2D eigenvalue weighted by atomic mass is 9.53. The molecule has 10 aliphatic carbocycles. The summed E-state index contributed by atoms with van der Waals surface area (Å²) in [4.78, 5) is 83.6. The van der Waals surface area contributed by atoms with Crippen molar-refractivity contribution in [2.75, 3.05) is 68.4 Å². The first-order valence-corrected chi connectivity index (χ1v) is 55.9. The molecule has 0 radical (unpaired) electrons. The predicted octanol–water partition coefficient (Wildman–Crippen LogP) is 26.9. The van der Waals surface area contributed by atoms with E-state index in [-0.39, 0.29) is 53.3 Å². The van der Waals surface area contributed by atoms with Gasteiger partial charge in [0.15, 0.2) is 6.29 Å². The molecule has 0 saturated heterocycles. The third kappa shape index (κ3) is 45.7. The number of aryl methyl sites for hydroxylation is 2. The normalized spacial score (nSPS) is 19.6. The first-order chi connectivity index (χ1) is 72.2. The van der Waals surface area contributed by atoms with Gasteiger partial charge in [0, 0.05) is 93.2 Å². The average molecular weight is 2020 g/mol. The zero-order chi connectivity index (χ0) is 104. The number of amides is 14. The summed E-state index contributed by atoms with van der Waals surface area (Å²) < 4.78 is 10.7. The SMILES string of the molecule is CC(C)c1ccc(NC(=O)NCCc2ccccc2)cc1.CCOC(CNC(=O)Nc1ccc(C(C)C)cc1)OCC.O=C(NC1CCCCCCCCCCC1)NC12CC3CC(CC(C3)C1)C2.O=C(NCCC1=CCCCC1)NCc1ccccc1.O=C(NCCCc1ccccc1)NC12CC3CC(CC(C3)C1)C2.O=C(NCCCc1ccccc1)Nc1ccccc1.O=C(NCCc1ccccc1)NCc1ccccc1. The molecule has 9 aromatic carbocycles. The summed E-state index contributed by atoms with van der Waals surface area (Å²) in [5.41, 5.74) is 14.0. The van der Waals surface area contributed by atoms with Crippen LogP contribution in [0, 0.1) is 35.5 Å². The van der Waals surface area contributed by atoms with E-state index in [1.165, 1.54) is 212 Å². The van der Waals surface area contributed by atoms with Crippen molar-refractivity contribution in [3.63, 3.8) is 0 Å². The number of para-hydroxylation sites is 1. The minimum Gasteiger partial charge on any atom is -0.351 e. The molecule has 148 heavy (non-hydrogen) atoms. The van der Waals surface area contributed by atoms with Crippen LogP contribution in [0.25, 0.3) is 0 Å². The van der Waals surface area contributed by atoms with Gasteiger partial charge in [-0.15, -0.1) is 0 Å². The first-order valence-electron chi connectivity index (χ1n) is 55.9. The molecule has 9 fully saturated rings. The second-order valence-electron chi connectivity index (χ2n) is 42.4. The maximum absolute atomic E-state index is 12.8. The monoisotopic (exact) mass is 2020 g/mol. The van der Waals surface area contributed by atoms with Gasteiger partial charge in [0.2, 0.25) is 0 Å². The number of carbonyl (C=O) groups excluding carboxylic acids is 7. The molecule has 0 aromatic heterocycles. The lowest BCUT2D eigenvalue weighted by Gasteiger charge is -2.56. The summed E-state index contributed by atoms with van der Waals surface area (Å²) in [6.45, 7) is 18.3. The Balaban J connectivity index is 0.000000165. The number of anilines is 3. The van der Waals surface area contributed by atoms with E-state index in [2.05, 4.69) is 169 Å². The molecule has 9 saturated carbocycles. The Morgan fingerprint density at radius 1 is 0.304 bits per heavy atom. The van der Waals surface area contributed by atoms with Crippen molar-refractivity contribution in [3.8, 4) is 0 Å². The van der Waals surface area contributed by atoms with Gasteiger partial charge < -0.3 is 83.9 Å². The van der Waals surface area contributed by atoms with Crippen molar-refractivity contribution in [1.29, 1.82) is 0 Å². The van der Waals surface area contributed by atoms with Crippen LogP contribution < -0.4 is 74.4 Å². The Morgan fingerprint density at radius 2 is 0.615 bits per heavy atom. The Morgan fingerprint density at radius 3 is 0.973 bits per heavy atom. The van der Waals surface area contributed by atoms with Gasteiger partial charge in [-0.05, 0) is 303 Å². The van der Waals surface area contributed by atoms with Crippen LogP contribution in [-0.4, -0.2) is 118 Å². The zero-order valence-electron chi connectivity index (χ0n) is 89.5. The molecule has 0 aliphatic heterocycles.